The van der Waals surface area contributed by atoms with Crippen LogP contribution in [0.3, 0.4) is 0 Å². The predicted octanol–water partition coefficient (Wildman–Crippen LogP) is 5.67. The van der Waals surface area contributed by atoms with Crippen molar-refractivity contribution in [1.82, 2.24) is 9.97 Å². The highest BCUT2D eigenvalue weighted by Gasteiger charge is 2.17. The van der Waals surface area contributed by atoms with Gasteiger partial charge in [-0.15, -0.1) is 11.3 Å². The van der Waals surface area contributed by atoms with Gasteiger partial charge in [-0.3, -0.25) is 9.78 Å². The second-order valence-electron chi connectivity index (χ2n) is 6.41. The number of carbonyl (C=O) groups excluding carboxylic acids is 1. The fourth-order valence-corrected chi connectivity index (χ4v) is 4.14. The van der Waals surface area contributed by atoms with E-state index >= 15 is 0 Å². The number of thiazole rings is 1. The van der Waals surface area contributed by atoms with E-state index in [-0.39, 0.29) is 5.91 Å². The van der Waals surface area contributed by atoms with Gasteiger partial charge >= 0.3 is 0 Å². The van der Waals surface area contributed by atoms with Gasteiger partial charge in [0.2, 0.25) is 0 Å². The number of nitrogens with one attached hydrogen (secondary N) is 1. The Bertz CT molecular complexity index is 1320. The minimum atomic E-state index is -0.187. The molecule has 0 aliphatic carbocycles. The molecule has 1 N–H and O–H groups in total. The molecule has 5 aromatic rings. The Hall–Kier alpha value is -3.51. The zero-order valence-corrected chi connectivity index (χ0v) is 15.8. The molecule has 5 nitrogen and oxygen atoms in total. The van der Waals surface area contributed by atoms with Gasteiger partial charge in [0, 0.05) is 28.7 Å². The van der Waals surface area contributed by atoms with E-state index in [9.17, 15) is 4.79 Å². The molecule has 0 saturated carbocycles. The molecule has 0 fully saturated rings. The third-order valence-corrected chi connectivity index (χ3v) is 5.70. The van der Waals surface area contributed by atoms with E-state index in [2.05, 4.69) is 15.3 Å². The first kappa shape index (κ1) is 16.6. The lowest BCUT2D eigenvalue weighted by Crippen LogP contribution is -2.11. The highest BCUT2D eigenvalue weighted by atomic mass is 32.1. The number of pyridine rings is 1. The maximum absolute atomic E-state index is 12.8. The molecule has 0 unspecified atom stereocenters. The molecule has 3 aromatic heterocycles. The fourth-order valence-electron chi connectivity index (χ4n) is 3.20. The van der Waals surface area contributed by atoms with E-state index in [0.717, 1.165) is 32.6 Å². The zero-order chi connectivity index (χ0) is 19.1. The number of aryl methyl sites for hydroxylation is 1. The second-order valence-corrected chi connectivity index (χ2v) is 7.41. The number of fused-ring (bicyclic) bond motifs is 3. The molecule has 0 bridgehead atoms. The van der Waals surface area contributed by atoms with Gasteiger partial charge in [0.15, 0.2) is 0 Å². The van der Waals surface area contributed by atoms with Crippen LogP contribution in [0.1, 0.15) is 15.4 Å². The van der Waals surface area contributed by atoms with E-state index in [1.54, 1.807) is 6.20 Å². The first-order valence-corrected chi connectivity index (χ1v) is 9.62. The Morgan fingerprint density at radius 1 is 1.00 bits per heavy atom. The van der Waals surface area contributed by atoms with Crippen molar-refractivity contribution in [2.24, 2.45) is 0 Å². The molecule has 0 spiro atoms. The van der Waals surface area contributed by atoms with Crippen molar-refractivity contribution in [2.45, 2.75) is 6.92 Å². The van der Waals surface area contributed by atoms with Crippen molar-refractivity contribution in [3.05, 3.63) is 77.4 Å². The molecule has 0 radical (unpaired) electrons. The van der Waals surface area contributed by atoms with Crippen LogP contribution >= 0.6 is 11.3 Å². The number of benzene rings is 2. The topological polar surface area (TPSA) is 68.0 Å². The molecule has 28 heavy (non-hydrogen) atoms. The molecule has 1 amide bonds. The molecule has 0 aliphatic rings. The van der Waals surface area contributed by atoms with Crippen LogP contribution in [0.15, 0.2) is 71.3 Å². The largest absolute Gasteiger partial charge is 0.456 e. The highest BCUT2D eigenvalue weighted by Crippen LogP contribution is 2.31. The highest BCUT2D eigenvalue weighted by molar-refractivity contribution is 7.17. The Kier molecular flexibility index (Phi) is 3.91. The monoisotopic (exact) mass is 385 g/mol. The summed E-state index contributed by atoms with van der Waals surface area (Å²) in [7, 11) is 0. The number of anilines is 1. The Labute approximate surface area is 164 Å². The standard InChI is InChI=1S/C22H15N3O2S/c1-13-20(28-22(24-13)17-7-4-5-11-23-17)21(26)25-14-9-10-16-15-6-2-3-8-18(15)27-19(16)12-14/h2-12H,1H3,(H,25,26). The van der Waals surface area contributed by atoms with E-state index in [0.29, 0.717) is 16.3 Å². The SMILES string of the molecule is Cc1nc(-c2ccccn2)sc1C(=O)Nc1ccc2c(c1)oc1ccccc12. The number of hydrogen-bond acceptors (Lipinski definition) is 5. The van der Waals surface area contributed by atoms with Crippen LogP contribution in [0.4, 0.5) is 5.69 Å². The summed E-state index contributed by atoms with van der Waals surface area (Å²) in [6, 6.07) is 19.2. The number of rotatable bonds is 3. The minimum absolute atomic E-state index is 0.187. The summed E-state index contributed by atoms with van der Waals surface area (Å²) < 4.78 is 5.90. The molecule has 5 rings (SSSR count). The molecule has 6 heteroatoms. The zero-order valence-electron chi connectivity index (χ0n) is 15.0. The van der Waals surface area contributed by atoms with Gasteiger partial charge in [-0.1, -0.05) is 24.3 Å². The van der Waals surface area contributed by atoms with Crippen molar-refractivity contribution < 1.29 is 9.21 Å². The Morgan fingerprint density at radius 2 is 1.82 bits per heavy atom. The number of aromatic nitrogens is 2. The van der Waals surface area contributed by atoms with Crippen LogP contribution in [0, 0.1) is 6.92 Å². The molecular formula is C22H15N3O2S. The summed E-state index contributed by atoms with van der Waals surface area (Å²) in [5, 5.41) is 5.78. The summed E-state index contributed by atoms with van der Waals surface area (Å²) in [6.45, 7) is 1.83. The predicted molar refractivity (Wildman–Crippen MR) is 112 cm³/mol. The van der Waals surface area contributed by atoms with Crippen molar-refractivity contribution in [2.75, 3.05) is 5.32 Å². The second kappa shape index (κ2) is 6.58. The van der Waals surface area contributed by atoms with Crippen LogP contribution in [0.2, 0.25) is 0 Å². The quantitative estimate of drug-likeness (QED) is 0.435. The average molecular weight is 385 g/mol. The molecule has 0 aliphatic heterocycles. The maximum atomic E-state index is 12.8. The molecule has 3 heterocycles. The fraction of sp³-hybridized carbons (Fsp3) is 0.0455. The molecule has 0 saturated heterocycles. The lowest BCUT2D eigenvalue weighted by atomic mass is 10.1. The normalized spacial score (nSPS) is 11.2. The lowest BCUT2D eigenvalue weighted by Gasteiger charge is -2.03. The number of para-hydroxylation sites is 1. The molecule has 136 valence electrons. The minimum Gasteiger partial charge on any atom is -0.456 e. The van der Waals surface area contributed by atoms with Crippen LogP contribution in [-0.2, 0) is 0 Å². The van der Waals surface area contributed by atoms with Crippen molar-refractivity contribution in [1.29, 1.82) is 0 Å². The van der Waals surface area contributed by atoms with E-state index in [1.807, 2.05) is 67.6 Å². The van der Waals surface area contributed by atoms with Gasteiger partial charge in [-0.2, -0.15) is 0 Å². The van der Waals surface area contributed by atoms with Crippen molar-refractivity contribution >= 4 is 44.9 Å². The van der Waals surface area contributed by atoms with Gasteiger partial charge < -0.3 is 9.73 Å². The molecule has 0 atom stereocenters. The first-order chi connectivity index (χ1) is 13.7. The number of nitrogens with zero attached hydrogens (tertiary/aromatic N) is 2. The van der Waals surface area contributed by atoms with Crippen LogP contribution in [-0.4, -0.2) is 15.9 Å². The van der Waals surface area contributed by atoms with E-state index in [4.69, 9.17) is 4.42 Å². The average Bonchev–Trinajstić information content (AvgIpc) is 3.28. The van der Waals surface area contributed by atoms with E-state index in [1.165, 1.54) is 11.3 Å². The van der Waals surface area contributed by atoms with Gasteiger partial charge in [0.1, 0.15) is 21.1 Å². The summed E-state index contributed by atoms with van der Waals surface area (Å²) in [4.78, 5) is 22.2. The van der Waals surface area contributed by atoms with Gasteiger partial charge in [0.25, 0.3) is 5.91 Å². The maximum Gasteiger partial charge on any atom is 0.267 e. The third kappa shape index (κ3) is 2.84. The van der Waals surface area contributed by atoms with Crippen LogP contribution in [0.5, 0.6) is 0 Å². The molecule has 2 aromatic carbocycles. The summed E-state index contributed by atoms with van der Waals surface area (Å²) in [5.74, 6) is -0.187. The Balaban J connectivity index is 1.45. The van der Waals surface area contributed by atoms with Crippen LogP contribution in [0.25, 0.3) is 32.6 Å². The lowest BCUT2D eigenvalue weighted by molar-refractivity contribution is 0.103. The third-order valence-electron chi connectivity index (χ3n) is 4.52. The van der Waals surface area contributed by atoms with Crippen molar-refractivity contribution in [3.8, 4) is 10.7 Å². The summed E-state index contributed by atoms with van der Waals surface area (Å²) >= 11 is 1.34. The van der Waals surface area contributed by atoms with E-state index < -0.39 is 0 Å². The number of carbonyl (C=O) groups is 1. The summed E-state index contributed by atoms with van der Waals surface area (Å²) in [6.07, 6.45) is 1.72. The first-order valence-electron chi connectivity index (χ1n) is 8.80. The summed E-state index contributed by atoms with van der Waals surface area (Å²) in [5.41, 5.74) is 3.71. The van der Waals surface area contributed by atoms with Gasteiger partial charge in [0.05, 0.1) is 11.4 Å². The van der Waals surface area contributed by atoms with Gasteiger partial charge in [-0.05, 0) is 37.3 Å². The molecular weight excluding hydrogens is 370 g/mol. The smallest absolute Gasteiger partial charge is 0.267 e. The number of hydrogen-bond donors (Lipinski definition) is 1. The number of furan rings is 1. The number of amides is 1. The van der Waals surface area contributed by atoms with Gasteiger partial charge in [-0.25, -0.2) is 4.98 Å². The Morgan fingerprint density at radius 3 is 2.68 bits per heavy atom. The van der Waals surface area contributed by atoms with Crippen molar-refractivity contribution in [3.63, 3.8) is 0 Å². The van der Waals surface area contributed by atoms with Crippen LogP contribution < -0.4 is 5.32 Å².